The normalized spacial score (nSPS) is 20.8. The summed E-state index contributed by atoms with van der Waals surface area (Å²) in [6, 6.07) is 17.2. The molecular formula is C23H23FN4O2. The van der Waals surface area contributed by atoms with Crippen molar-refractivity contribution in [3.05, 3.63) is 66.0 Å². The Morgan fingerprint density at radius 2 is 1.70 bits per heavy atom. The van der Waals surface area contributed by atoms with Gasteiger partial charge in [-0.05, 0) is 29.8 Å². The number of amides is 2. The molecule has 4 rings (SSSR count). The highest BCUT2D eigenvalue weighted by Gasteiger charge is 2.38. The number of carbonyl (C=O) groups excluding carboxylic acids is 2. The van der Waals surface area contributed by atoms with Gasteiger partial charge in [0.25, 0.3) is 0 Å². The van der Waals surface area contributed by atoms with Gasteiger partial charge in [-0.1, -0.05) is 30.3 Å². The minimum Gasteiger partial charge on any atom is -0.340 e. The zero-order chi connectivity index (χ0) is 21.1. The molecule has 6 nitrogen and oxygen atoms in total. The summed E-state index contributed by atoms with van der Waals surface area (Å²) in [5.41, 5.74) is 1.57. The molecule has 2 aliphatic heterocycles. The molecule has 0 unspecified atom stereocenters. The van der Waals surface area contributed by atoms with Crippen LogP contribution in [-0.4, -0.2) is 54.3 Å². The lowest BCUT2D eigenvalue weighted by atomic mass is 10.0. The van der Waals surface area contributed by atoms with Gasteiger partial charge in [0.15, 0.2) is 0 Å². The lowest BCUT2D eigenvalue weighted by Crippen LogP contribution is -2.51. The third-order valence-corrected chi connectivity index (χ3v) is 5.84. The van der Waals surface area contributed by atoms with Crippen molar-refractivity contribution in [1.29, 1.82) is 5.26 Å². The molecule has 2 aromatic carbocycles. The van der Waals surface area contributed by atoms with Crippen molar-refractivity contribution in [2.45, 2.75) is 12.5 Å². The van der Waals surface area contributed by atoms with E-state index in [0.29, 0.717) is 32.7 Å². The van der Waals surface area contributed by atoms with Crippen molar-refractivity contribution in [3.63, 3.8) is 0 Å². The van der Waals surface area contributed by atoms with Gasteiger partial charge in [0.05, 0.1) is 12.0 Å². The minimum atomic E-state index is -0.468. The average Bonchev–Trinajstić information content (AvgIpc) is 3.18. The molecule has 2 aromatic rings. The van der Waals surface area contributed by atoms with E-state index in [1.165, 1.54) is 12.1 Å². The summed E-state index contributed by atoms with van der Waals surface area (Å²) in [6.07, 6.45) is 0.227. The molecular weight excluding hydrogens is 383 g/mol. The highest BCUT2D eigenvalue weighted by atomic mass is 19.1. The van der Waals surface area contributed by atoms with Gasteiger partial charge >= 0.3 is 0 Å². The Kier molecular flexibility index (Phi) is 5.77. The number of nitrogens with zero attached hydrogens (tertiary/aromatic N) is 4. The molecule has 2 heterocycles. The molecule has 0 aromatic heterocycles. The van der Waals surface area contributed by atoms with Gasteiger partial charge in [-0.25, -0.2) is 4.39 Å². The monoisotopic (exact) mass is 406 g/mol. The quantitative estimate of drug-likeness (QED) is 0.783. The van der Waals surface area contributed by atoms with E-state index in [1.54, 1.807) is 21.9 Å². The second kappa shape index (κ2) is 8.64. The molecule has 2 atom stereocenters. The Hall–Kier alpha value is -3.24. The third-order valence-electron chi connectivity index (χ3n) is 5.84. The van der Waals surface area contributed by atoms with Gasteiger partial charge in [0.2, 0.25) is 11.8 Å². The fraction of sp³-hybridized carbons (Fsp3) is 0.348. The molecule has 154 valence electrons. The number of piperazine rings is 1. The van der Waals surface area contributed by atoms with Crippen LogP contribution in [0.5, 0.6) is 0 Å². The molecule has 0 N–H and O–H groups in total. The predicted molar refractivity (Wildman–Crippen MR) is 110 cm³/mol. The molecule has 0 radical (unpaired) electrons. The van der Waals surface area contributed by atoms with Crippen LogP contribution in [0.4, 0.5) is 10.1 Å². The predicted octanol–water partition coefficient (Wildman–Crippen LogP) is 2.59. The zero-order valence-electron chi connectivity index (χ0n) is 16.6. The Labute approximate surface area is 175 Å². The van der Waals surface area contributed by atoms with Crippen LogP contribution >= 0.6 is 0 Å². The van der Waals surface area contributed by atoms with Crippen LogP contribution in [0.25, 0.3) is 0 Å². The molecule has 30 heavy (non-hydrogen) atoms. The molecule has 0 aliphatic carbocycles. The maximum absolute atomic E-state index is 13.2. The van der Waals surface area contributed by atoms with Crippen molar-refractivity contribution in [3.8, 4) is 6.07 Å². The number of hydrogen-bond acceptors (Lipinski definition) is 4. The van der Waals surface area contributed by atoms with E-state index in [0.717, 1.165) is 11.3 Å². The Morgan fingerprint density at radius 3 is 2.33 bits per heavy atom. The zero-order valence-corrected chi connectivity index (χ0v) is 16.6. The van der Waals surface area contributed by atoms with E-state index < -0.39 is 6.04 Å². The first kappa shape index (κ1) is 20.0. The van der Waals surface area contributed by atoms with Crippen LogP contribution < -0.4 is 4.90 Å². The number of para-hydroxylation sites is 1. The van der Waals surface area contributed by atoms with Crippen LogP contribution in [0.15, 0.2) is 54.6 Å². The molecule has 0 bridgehead atoms. The first-order valence-electron chi connectivity index (χ1n) is 10.1. The Morgan fingerprint density at radius 1 is 1.03 bits per heavy atom. The summed E-state index contributed by atoms with van der Waals surface area (Å²) in [5, 5.41) is 9.61. The molecule has 2 amide bonds. The molecule has 7 heteroatoms. The maximum Gasteiger partial charge on any atom is 0.228 e. The van der Waals surface area contributed by atoms with Gasteiger partial charge in [-0.3, -0.25) is 14.5 Å². The number of carbonyl (C=O) groups is 2. The SMILES string of the molecule is N#C[C@@H](c1ccc(F)cc1)N1CCN(C(=O)[C@@H]2CC(=O)N(c3ccccc3)C2)CC1. The van der Waals surface area contributed by atoms with Crippen molar-refractivity contribution in [2.75, 3.05) is 37.6 Å². The topological polar surface area (TPSA) is 67.6 Å². The van der Waals surface area contributed by atoms with E-state index in [9.17, 15) is 19.2 Å². The second-order valence-corrected chi connectivity index (χ2v) is 7.69. The van der Waals surface area contributed by atoms with E-state index in [1.807, 2.05) is 35.2 Å². The number of rotatable bonds is 4. The van der Waals surface area contributed by atoms with Crippen LogP contribution in [0.2, 0.25) is 0 Å². The Balaban J connectivity index is 1.36. The van der Waals surface area contributed by atoms with Gasteiger partial charge in [0, 0.05) is 44.8 Å². The summed E-state index contributed by atoms with van der Waals surface area (Å²) in [4.78, 5) is 30.9. The molecule has 0 saturated carbocycles. The van der Waals surface area contributed by atoms with Gasteiger partial charge in [-0.2, -0.15) is 5.26 Å². The van der Waals surface area contributed by atoms with Crippen LogP contribution in [0.3, 0.4) is 0 Å². The first-order chi connectivity index (χ1) is 14.6. The number of anilines is 1. The molecule has 0 spiro atoms. The Bertz CT molecular complexity index is 949. The van der Waals surface area contributed by atoms with E-state index in [2.05, 4.69) is 6.07 Å². The van der Waals surface area contributed by atoms with E-state index >= 15 is 0 Å². The van der Waals surface area contributed by atoms with Gasteiger partial charge in [0.1, 0.15) is 11.9 Å². The van der Waals surface area contributed by atoms with Crippen LogP contribution in [0, 0.1) is 23.1 Å². The smallest absolute Gasteiger partial charge is 0.228 e. The first-order valence-corrected chi connectivity index (χ1v) is 10.1. The van der Waals surface area contributed by atoms with Gasteiger partial charge in [-0.15, -0.1) is 0 Å². The second-order valence-electron chi connectivity index (χ2n) is 7.69. The maximum atomic E-state index is 13.2. The summed E-state index contributed by atoms with van der Waals surface area (Å²) in [7, 11) is 0. The van der Waals surface area contributed by atoms with Gasteiger partial charge < -0.3 is 9.80 Å². The van der Waals surface area contributed by atoms with Crippen LogP contribution in [0.1, 0.15) is 18.0 Å². The standard InChI is InChI=1S/C23H23FN4O2/c24-19-8-6-17(7-9-19)21(15-25)26-10-12-27(13-11-26)23(30)18-14-22(29)28(16-18)20-4-2-1-3-5-20/h1-9,18,21H,10-14,16H2/t18-,21+/m1/s1. The third kappa shape index (κ3) is 4.05. The largest absolute Gasteiger partial charge is 0.340 e. The molecule has 2 saturated heterocycles. The number of benzene rings is 2. The highest BCUT2D eigenvalue weighted by Crippen LogP contribution is 2.27. The summed E-state index contributed by atoms with van der Waals surface area (Å²) >= 11 is 0. The molecule has 2 fully saturated rings. The van der Waals surface area contributed by atoms with E-state index in [-0.39, 0.29) is 30.0 Å². The lowest BCUT2D eigenvalue weighted by molar-refractivity contribution is -0.137. The highest BCUT2D eigenvalue weighted by molar-refractivity contribution is 6.00. The number of nitriles is 1. The minimum absolute atomic E-state index is 0.00304. The number of halogens is 1. The van der Waals surface area contributed by atoms with E-state index in [4.69, 9.17) is 0 Å². The van der Waals surface area contributed by atoms with Crippen LogP contribution in [-0.2, 0) is 9.59 Å². The van der Waals surface area contributed by atoms with Crippen molar-refractivity contribution >= 4 is 17.5 Å². The molecule has 2 aliphatic rings. The lowest BCUT2D eigenvalue weighted by Gasteiger charge is -2.37. The summed E-state index contributed by atoms with van der Waals surface area (Å²) in [5.74, 6) is -0.703. The summed E-state index contributed by atoms with van der Waals surface area (Å²) < 4.78 is 13.2. The van der Waals surface area contributed by atoms with Crippen molar-refractivity contribution in [2.24, 2.45) is 5.92 Å². The van der Waals surface area contributed by atoms with Crippen molar-refractivity contribution in [1.82, 2.24) is 9.80 Å². The van der Waals surface area contributed by atoms with Crippen molar-refractivity contribution < 1.29 is 14.0 Å². The fourth-order valence-electron chi connectivity index (χ4n) is 4.20. The fourth-order valence-corrected chi connectivity index (χ4v) is 4.20. The summed E-state index contributed by atoms with van der Waals surface area (Å²) in [6.45, 7) is 2.54. The average molecular weight is 406 g/mol. The number of hydrogen-bond donors (Lipinski definition) is 0.